The molecule has 2 aliphatic carbocycles. The predicted octanol–water partition coefficient (Wildman–Crippen LogP) is 11.9. The van der Waals surface area contributed by atoms with Crippen LogP contribution in [0, 0.1) is 12.1 Å². The van der Waals surface area contributed by atoms with Crippen LogP contribution in [-0.4, -0.2) is 7.85 Å². The third kappa shape index (κ3) is 4.66. The van der Waals surface area contributed by atoms with Crippen molar-refractivity contribution in [2.24, 2.45) is 0 Å². The number of nitrogens with two attached hydrogens (primary N) is 1. The van der Waals surface area contributed by atoms with Crippen LogP contribution in [0.1, 0.15) is 78.6 Å². The largest absolute Gasteiger partial charge is 0.398 e. The van der Waals surface area contributed by atoms with Gasteiger partial charge in [-0.2, -0.15) is 0 Å². The van der Waals surface area contributed by atoms with Crippen molar-refractivity contribution in [1.29, 1.82) is 0 Å². The minimum absolute atomic E-state index is 0.290. The molecule has 0 spiro atoms. The number of nitrogens with zero attached hydrogens (tertiary/aromatic N) is 1. The Morgan fingerprint density at radius 1 is 0.712 bits per heavy atom. The van der Waals surface area contributed by atoms with E-state index in [9.17, 15) is 0 Å². The molecule has 0 saturated carbocycles. The second-order valence-corrected chi connectivity index (χ2v) is 17.1. The SMILES string of the molecule is Bc1c2cc3c(c1-c1cccc(-c4c(N)ccc5c4CCC=C5)c1/C(C)=C1/C(=C\C)C(c4ccccc4)(c4ccccc4)c4ccccc4N12)-c1ccc#cc1C3(C)C. The van der Waals surface area contributed by atoms with Gasteiger partial charge in [0.1, 0.15) is 7.85 Å². The minimum Gasteiger partial charge on any atom is -0.398 e. The molecule has 7 aromatic carbocycles. The van der Waals surface area contributed by atoms with Crippen LogP contribution in [0.5, 0.6) is 0 Å². The topological polar surface area (TPSA) is 29.3 Å². The van der Waals surface area contributed by atoms with Crippen LogP contribution < -0.4 is 16.1 Å². The molecule has 0 atom stereocenters. The van der Waals surface area contributed by atoms with Gasteiger partial charge in [-0.3, -0.25) is 0 Å². The third-order valence-corrected chi connectivity index (χ3v) is 13.9. The van der Waals surface area contributed by atoms with Crippen molar-refractivity contribution < 1.29 is 0 Å². The van der Waals surface area contributed by atoms with Gasteiger partial charge in [-0.1, -0.05) is 153 Å². The number of para-hydroxylation sites is 1. The molecule has 4 aliphatic rings. The lowest BCUT2D eigenvalue weighted by molar-refractivity contribution is 0.660. The zero-order valence-electron chi connectivity index (χ0n) is 34.4. The van der Waals surface area contributed by atoms with Gasteiger partial charge < -0.3 is 10.6 Å². The first-order valence-corrected chi connectivity index (χ1v) is 21.0. The van der Waals surface area contributed by atoms with Crippen molar-refractivity contribution in [1.82, 2.24) is 0 Å². The number of anilines is 3. The smallest absolute Gasteiger partial charge is 0.142 e. The monoisotopic (exact) mass is 756 g/mol. The molecule has 2 bridgehead atoms. The number of hydrogen-bond donors (Lipinski definition) is 1. The summed E-state index contributed by atoms with van der Waals surface area (Å²) in [5.41, 5.74) is 31.9. The van der Waals surface area contributed by atoms with Gasteiger partial charge in [-0.15, -0.1) is 0 Å². The van der Waals surface area contributed by atoms with E-state index in [2.05, 4.69) is 198 Å². The Morgan fingerprint density at radius 2 is 1.41 bits per heavy atom. The Balaban J connectivity index is 1.37. The standard InChI is InChI=1S/C56H45BN2/c1-5-42-54-34(2)49-40(50-38-24-13-12-19-35(38)31-32-46(50)58)26-18-27-41(49)52-51-39-25-14-15-28-43(39)55(3,4)45(51)33-48(53(52)57)59(54)47-30-17-16-29-44(47)56(42,36-20-8-6-9-21-36)37-22-10-7-11-23-37/h5-12,14,16-23,25-27,29-33H,13,24,57-58H2,1-4H3/b42-5+,54-34-. The molecule has 3 heteroatoms. The van der Waals surface area contributed by atoms with E-state index >= 15 is 0 Å². The summed E-state index contributed by atoms with van der Waals surface area (Å²) < 4.78 is 0. The Hall–Kier alpha value is -6.76. The van der Waals surface area contributed by atoms with E-state index in [0.717, 1.165) is 24.1 Å². The van der Waals surface area contributed by atoms with E-state index in [1.165, 1.54) is 106 Å². The lowest BCUT2D eigenvalue weighted by atomic mass is 9.60. The Labute approximate surface area is 349 Å². The molecule has 59 heavy (non-hydrogen) atoms. The van der Waals surface area contributed by atoms with Crippen LogP contribution in [0.15, 0.2) is 157 Å². The van der Waals surface area contributed by atoms with Crippen LogP contribution in [0.3, 0.4) is 0 Å². The molecule has 2 aliphatic heterocycles. The number of hydrogen-bond acceptors (Lipinski definition) is 2. The summed E-state index contributed by atoms with van der Waals surface area (Å²) in [6.07, 6.45) is 8.91. The fourth-order valence-electron chi connectivity index (χ4n) is 11.4. The molecule has 0 amide bonds. The summed E-state index contributed by atoms with van der Waals surface area (Å²) in [6.45, 7) is 9.32. The molecule has 2 heterocycles. The normalized spacial score (nSPS) is 18.0. The highest BCUT2D eigenvalue weighted by atomic mass is 15.2. The first-order chi connectivity index (χ1) is 28.8. The average molecular weight is 757 g/mol. The maximum absolute atomic E-state index is 7.18. The van der Waals surface area contributed by atoms with E-state index in [1.54, 1.807) is 0 Å². The van der Waals surface area contributed by atoms with E-state index in [0.29, 0.717) is 0 Å². The highest BCUT2D eigenvalue weighted by molar-refractivity contribution is 6.42. The fourth-order valence-corrected chi connectivity index (χ4v) is 11.4. The first-order valence-electron chi connectivity index (χ1n) is 21.0. The van der Waals surface area contributed by atoms with Gasteiger partial charge in [0.15, 0.2) is 0 Å². The van der Waals surface area contributed by atoms with Crippen molar-refractivity contribution >= 4 is 42.0 Å². The van der Waals surface area contributed by atoms with Crippen molar-refractivity contribution in [3.8, 4) is 33.4 Å². The molecular formula is C56H45BN2. The van der Waals surface area contributed by atoms with Gasteiger partial charge in [0.2, 0.25) is 0 Å². The highest BCUT2D eigenvalue weighted by Gasteiger charge is 2.50. The van der Waals surface area contributed by atoms with Crippen molar-refractivity contribution in [3.05, 3.63) is 214 Å². The molecule has 2 N–H and O–H groups in total. The van der Waals surface area contributed by atoms with Gasteiger partial charge in [-0.05, 0) is 135 Å². The summed E-state index contributed by atoms with van der Waals surface area (Å²) in [5, 5.41) is 0. The quantitative estimate of drug-likeness (QED) is 0.144. The lowest BCUT2D eigenvalue weighted by Gasteiger charge is -2.50. The third-order valence-electron chi connectivity index (χ3n) is 13.9. The molecule has 7 aromatic rings. The molecule has 0 fully saturated rings. The maximum atomic E-state index is 7.18. The Bertz CT molecular complexity index is 2960. The van der Waals surface area contributed by atoms with Gasteiger partial charge in [-0.25, -0.2) is 0 Å². The van der Waals surface area contributed by atoms with Crippen molar-refractivity contribution in [2.45, 2.75) is 51.4 Å². The summed E-state index contributed by atoms with van der Waals surface area (Å²) in [6, 6.07) is 56.4. The van der Waals surface area contributed by atoms with E-state index in [4.69, 9.17) is 5.73 Å². The Kier molecular flexibility index (Phi) is 7.73. The van der Waals surface area contributed by atoms with Crippen LogP contribution in [0.25, 0.3) is 45.0 Å². The maximum Gasteiger partial charge on any atom is 0.142 e. The summed E-state index contributed by atoms with van der Waals surface area (Å²) in [4.78, 5) is 2.62. The van der Waals surface area contributed by atoms with Gasteiger partial charge in [0, 0.05) is 27.9 Å². The van der Waals surface area contributed by atoms with Gasteiger partial charge >= 0.3 is 0 Å². The molecule has 0 aromatic heterocycles. The predicted molar refractivity (Wildman–Crippen MR) is 250 cm³/mol. The van der Waals surface area contributed by atoms with Crippen molar-refractivity contribution in [2.75, 3.05) is 10.6 Å². The van der Waals surface area contributed by atoms with Crippen LogP contribution in [-0.2, 0) is 17.3 Å². The number of rotatable bonds is 3. The number of benzene rings is 6. The molecule has 2 nitrogen and oxygen atoms in total. The Morgan fingerprint density at radius 3 is 2.14 bits per heavy atom. The van der Waals surface area contributed by atoms with Crippen LogP contribution in [0.4, 0.5) is 17.1 Å². The second kappa shape index (κ2) is 12.9. The van der Waals surface area contributed by atoms with Gasteiger partial charge in [0.25, 0.3) is 0 Å². The summed E-state index contributed by atoms with van der Waals surface area (Å²) >= 11 is 0. The molecule has 0 saturated heterocycles. The number of allylic oxidation sites excluding steroid dienone is 4. The van der Waals surface area contributed by atoms with E-state index in [-0.39, 0.29) is 5.41 Å². The number of fused-ring (bicyclic) bond motifs is 13. The van der Waals surface area contributed by atoms with E-state index in [1.807, 2.05) is 6.07 Å². The average Bonchev–Trinajstić information content (AvgIpc) is 3.50. The molecule has 11 rings (SSSR count). The second-order valence-electron chi connectivity index (χ2n) is 17.1. The first kappa shape index (κ1) is 35.4. The molecule has 0 radical (unpaired) electrons. The molecule has 282 valence electrons. The fraction of sp³-hybridized carbons (Fsp3) is 0.143. The molecular weight excluding hydrogens is 711 g/mol. The van der Waals surface area contributed by atoms with Crippen LogP contribution >= 0.6 is 0 Å². The number of nitrogen functional groups attached to an aromatic ring is 1. The molecule has 0 unspecified atom stereocenters. The summed E-state index contributed by atoms with van der Waals surface area (Å²) in [7, 11) is 2.35. The van der Waals surface area contributed by atoms with E-state index < -0.39 is 5.41 Å². The minimum atomic E-state index is -0.612. The van der Waals surface area contributed by atoms with Crippen LogP contribution in [0.2, 0.25) is 0 Å². The summed E-state index contributed by atoms with van der Waals surface area (Å²) in [5.74, 6) is 0. The van der Waals surface area contributed by atoms with Gasteiger partial charge in [0.05, 0.1) is 16.8 Å². The van der Waals surface area contributed by atoms with Crippen molar-refractivity contribution in [3.63, 3.8) is 0 Å². The zero-order valence-corrected chi connectivity index (χ0v) is 34.4. The highest BCUT2D eigenvalue weighted by Crippen LogP contribution is 2.62. The zero-order chi connectivity index (χ0) is 40.2. The lowest BCUT2D eigenvalue weighted by Crippen LogP contribution is -2.43.